The van der Waals surface area contributed by atoms with Crippen LogP contribution in [-0.4, -0.2) is 0 Å². The minimum Gasteiger partial charge on any atom is -0.0843 e. The van der Waals surface area contributed by atoms with Gasteiger partial charge in [-0.1, -0.05) is 36.0 Å². The molecule has 0 atom stereocenters. The van der Waals surface area contributed by atoms with Crippen molar-refractivity contribution in [1.29, 1.82) is 0 Å². The lowest BCUT2D eigenvalue weighted by molar-refractivity contribution is 0.649. The molecule has 0 nitrogen and oxygen atoms in total. The van der Waals surface area contributed by atoms with Gasteiger partial charge in [0.1, 0.15) is 0 Å². The van der Waals surface area contributed by atoms with E-state index in [1.54, 1.807) is 0 Å². The molecular weight excluding hydrogens is 215 g/mol. The summed E-state index contributed by atoms with van der Waals surface area (Å²) in [5.41, 5.74) is 2.46. The molecule has 1 aromatic rings. The van der Waals surface area contributed by atoms with E-state index in [0.29, 0.717) is 0 Å². The van der Waals surface area contributed by atoms with Crippen molar-refractivity contribution < 1.29 is 0 Å². The van der Waals surface area contributed by atoms with Gasteiger partial charge in [-0.15, -0.1) is 0 Å². The van der Waals surface area contributed by atoms with Crippen LogP contribution in [0, 0.1) is 0 Å². The van der Waals surface area contributed by atoms with Gasteiger partial charge in [0.2, 0.25) is 0 Å². The van der Waals surface area contributed by atoms with Crippen molar-refractivity contribution in [3.8, 4) is 0 Å². The smallest absolute Gasteiger partial charge is 0.0471 e. The number of benzene rings is 1. The Labute approximate surface area is 95.2 Å². The molecule has 0 heterocycles. The quantitative estimate of drug-likeness (QED) is 0.607. The molecule has 0 spiro atoms. The maximum Gasteiger partial charge on any atom is 0.0471 e. The van der Waals surface area contributed by atoms with Crippen LogP contribution in [0.3, 0.4) is 0 Å². The highest BCUT2D eigenvalue weighted by atomic mass is 35.5. The first-order valence-electron chi connectivity index (χ1n) is 5.24. The lowest BCUT2D eigenvalue weighted by Gasteiger charge is -2.08. The van der Waals surface area contributed by atoms with Crippen molar-refractivity contribution in [2.45, 2.75) is 38.5 Å². The monoisotopic (exact) mass is 228 g/mol. The van der Waals surface area contributed by atoms with Gasteiger partial charge >= 0.3 is 0 Å². The molecule has 0 radical (unpaired) electrons. The molecule has 0 saturated carbocycles. The highest BCUT2D eigenvalue weighted by Crippen LogP contribution is 2.30. The normalized spacial score (nSPS) is 17.0. The number of rotatable bonds is 0. The highest BCUT2D eigenvalue weighted by molar-refractivity contribution is 6.34. The minimum absolute atomic E-state index is 0.835. The Balaban J connectivity index is 2.40. The molecule has 2 heteroatoms. The van der Waals surface area contributed by atoms with Crippen molar-refractivity contribution in [2.75, 3.05) is 0 Å². The average molecular weight is 229 g/mol. The molecule has 0 unspecified atom stereocenters. The summed E-state index contributed by atoms with van der Waals surface area (Å²) in [5.74, 6) is 0. The third-order valence-electron chi connectivity index (χ3n) is 2.83. The fourth-order valence-electron chi connectivity index (χ4n) is 2.06. The summed E-state index contributed by atoms with van der Waals surface area (Å²) in [5, 5.41) is 1.79. The maximum absolute atomic E-state index is 6.31. The first-order chi connectivity index (χ1) is 6.77. The van der Waals surface area contributed by atoms with Crippen molar-refractivity contribution in [2.24, 2.45) is 0 Å². The Bertz CT molecular complexity index is 302. The third kappa shape index (κ3) is 2.24. The molecular formula is C12H14Cl2. The van der Waals surface area contributed by atoms with Gasteiger partial charge in [0.15, 0.2) is 0 Å². The summed E-state index contributed by atoms with van der Waals surface area (Å²) in [4.78, 5) is 0. The van der Waals surface area contributed by atoms with E-state index in [1.165, 1.54) is 36.8 Å². The van der Waals surface area contributed by atoms with Crippen LogP contribution in [0.15, 0.2) is 12.1 Å². The zero-order valence-corrected chi connectivity index (χ0v) is 9.67. The molecule has 0 aromatic heterocycles. The SMILES string of the molecule is Clc1cc2c(Cl)c(c1)CCCCCC2. The number of hydrogen-bond donors (Lipinski definition) is 0. The number of fused-ring (bicyclic) bond motifs is 2. The van der Waals surface area contributed by atoms with E-state index in [1.807, 2.05) is 12.1 Å². The molecule has 1 aliphatic rings. The van der Waals surface area contributed by atoms with E-state index in [-0.39, 0.29) is 0 Å². The van der Waals surface area contributed by atoms with Gasteiger partial charge in [-0.2, -0.15) is 0 Å². The van der Waals surface area contributed by atoms with E-state index < -0.39 is 0 Å². The molecule has 14 heavy (non-hydrogen) atoms. The van der Waals surface area contributed by atoms with Crippen LogP contribution in [0.4, 0.5) is 0 Å². The number of hydrogen-bond acceptors (Lipinski definition) is 0. The van der Waals surface area contributed by atoms with Gasteiger partial charge in [0, 0.05) is 10.0 Å². The van der Waals surface area contributed by atoms with Crippen LogP contribution in [0.2, 0.25) is 10.0 Å². The van der Waals surface area contributed by atoms with E-state index in [9.17, 15) is 0 Å². The van der Waals surface area contributed by atoms with Crippen LogP contribution < -0.4 is 0 Å². The van der Waals surface area contributed by atoms with Gasteiger partial charge in [-0.05, 0) is 48.9 Å². The van der Waals surface area contributed by atoms with Crippen LogP contribution in [0.1, 0.15) is 36.8 Å². The molecule has 1 aromatic carbocycles. The van der Waals surface area contributed by atoms with Crippen molar-refractivity contribution in [3.63, 3.8) is 0 Å². The van der Waals surface area contributed by atoms with Gasteiger partial charge < -0.3 is 0 Å². The van der Waals surface area contributed by atoms with Crippen molar-refractivity contribution in [1.82, 2.24) is 0 Å². The van der Waals surface area contributed by atoms with Gasteiger partial charge in [-0.3, -0.25) is 0 Å². The topological polar surface area (TPSA) is 0 Å². The largest absolute Gasteiger partial charge is 0.0843 e. The Morgan fingerprint density at radius 2 is 1.29 bits per heavy atom. The van der Waals surface area contributed by atoms with Crippen LogP contribution >= 0.6 is 23.2 Å². The molecule has 2 bridgehead atoms. The third-order valence-corrected chi connectivity index (χ3v) is 3.53. The summed E-state index contributed by atoms with van der Waals surface area (Å²) in [7, 11) is 0. The molecule has 0 fully saturated rings. The van der Waals surface area contributed by atoms with Crippen molar-refractivity contribution >= 4 is 23.2 Å². The fraction of sp³-hybridized carbons (Fsp3) is 0.500. The second-order valence-electron chi connectivity index (χ2n) is 3.95. The van der Waals surface area contributed by atoms with Gasteiger partial charge in [0.05, 0.1) is 0 Å². The van der Waals surface area contributed by atoms with E-state index in [2.05, 4.69) is 0 Å². The van der Waals surface area contributed by atoms with Crippen molar-refractivity contribution in [3.05, 3.63) is 33.3 Å². The molecule has 0 saturated heterocycles. The lowest BCUT2D eigenvalue weighted by atomic mass is 10.1. The minimum atomic E-state index is 0.835. The Hall–Kier alpha value is -0.200. The number of aryl methyl sites for hydroxylation is 2. The zero-order valence-electron chi connectivity index (χ0n) is 8.15. The second kappa shape index (κ2) is 4.55. The van der Waals surface area contributed by atoms with E-state index >= 15 is 0 Å². The second-order valence-corrected chi connectivity index (χ2v) is 4.77. The van der Waals surface area contributed by atoms with Crippen LogP contribution in [-0.2, 0) is 12.8 Å². The summed E-state index contributed by atoms with van der Waals surface area (Å²) in [6.45, 7) is 0. The van der Waals surface area contributed by atoms with Gasteiger partial charge in [-0.25, -0.2) is 0 Å². The summed E-state index contributed by atoms with van der Waals surface area (Å²) < 4.78 is 0. The summed E-state index contributed by atoms with van der Waals surface area (Å²) in [6, 6.07) is 4.03. The average Bonchev–Trinajstić information content (AvgIpc) is 2.23. The first-order valence-corrected chi connectivity index (χ1v) is 6.00. The van der Waals surface area contributed by atoms with Crippen LogP contribution in [0.5, 0.6) is 0 Å². The molecule has 0 N–H and O–H groups in total. The van der Waals surface area contributed by atoms with E-state index in [4.69, 9.17) is 23.2 Å². The van der Waals surface area contributed by atoms with Gasteiger partial charge in [0.25, 0.3) is 0 Å². The predicted octanol–water partition coefficient (Wildman–Crippen LogP) is 4.65. The Morgan fingerprint density at radius 3 is 1.79 bits per heavy atom. The highest BCUT2D eigenvalue weighted by Gasteiger charge is 2.10. The molecule has 2 rings (SSSR count). The zero-order chi connectivity index (χ0) is 9.97. The molecule has 0 amide bonds. The summed E-state index contributed by atoms with van der Waals surface area (Å²) in [6.07, 6.45) is 7.25. The standard InChI is InChI=1S/C12H14Cl2/c13-11-7-9-5-3-1-2-4-6-10(8-11)12(9)14/h7-8H,1-6H2. The number of halogens is 2. The Morgan fingerprint density at radius 1 is 0.786 bits per heavy atom. The first kappa shape index (κ1) is 10.3. The Kier molecular flexibility index (Phi) is 3.35. The lowest BCUT2D eigenvalue weighted by Crippen LogP contribution is -1.91. The molecule has 1 aliphatic carbocycles. The maximum atomic E-state index is 6.31. The molecule has 76 valence electrons. The predicted molar refractivity (Wildman–Crippen MR) is 62.3 cm³/mol. The van der Waals surface area contributed by atoms with Crippen LogP contribution in [0.25, 0.3) is 0 Å². The van der Waals surface area contributed by atoms with E-state index in [0.717, 1.165) is 22.9 Å². The summed E-state index contributed by atoms with van der Waals surface area (Å²) >= 11 is 12.4. The molecule has 0 aliphatic heterocycles. The fourth-order valence-corrected chi connectivity index (χ4v) is 2.62.